The van der Waals surface area contributed by atoms with E-state index in [9.17, 15) is 0 Å². The van der Waals surface area contributed by atoms with E-state index in [-0.39, 0.29) is 48.0 Å². The minimum Gasteiger partial charge on any atom is -1.00 e. The second-order valence-corrected chi connectivity index (χ2v) is 5.11. The Kier molecular flexibility index (Phi) is 13.4. The van der Waals surface area contributed by atoms with Crippen molar-refractivity contribution in [1.29, 1.82) is 0 Å². The Labute approximate surface area is 171 Å². The lowest BCUT2D eigenvalue weighted by atomic mass is 10.3. The first-order valence-corrected chi connectivity index (χ1v) is 7.63. The monoisotopic (exact) mass is 548 g/mol. The van der Waals surface area contributed by atoms with Crippen LogP contribution in [-0.2, 0) is 0 Å². The molecule has 0 saturated carbocycles. The maximum Gasteiger partial charge on any atom is 0.367 e. The summed E-state index contributed by atoms with van der Waals surface area (Å²) in [4.78, 5) is 6.50. The van der Waals surface area contributed by atoms with Gasteiger partial charge < -0.3 is 48.0 Å². The van der Waals surface area contributed by atoms with Crippen LogP contribution in [-0.4, -0.2) is 50.0 Å². The molecule has 2 rings (SSSR count). The third-order valence-corrected chi connectivity index (χ3v) is 3.19. The SMILES string of the molecule is CC(/C=N/NC1=[NH+]CCCCN1)=N\NC1=[NH+]CCCCN1.[I-].[I-]. The average Bonchev–Trinajstić information content (AvgIpc) is 2.90. The molecule has 0 aliphatic carbocycles. The number of hydrazone groups is 2. The van der Waals surface area contributed by atoms with E-state index < -0.39 is 0 Å². The summed E-state index contributed by atoms with van der Waals surface area (Å²) in [5, 5.41) is 14.9. The third kappa shape index (κ3) is 9.94. The van der Waals surface area contributed by atoms with E-state index in [1.165, 1.54) is 25.7 Å². The quantitative estimate of drug-likeness (QED) is 0.120. The predicted octanol–water partition coefficient (Wildman–Crippen LogP) is -9.82. The normalized spacial score (nSPS) is 18.7. The first-order valence-electron chi connectivity index (χ1n) is 7.63. The molecule has 0 spiro atoms. The molecule has 0 amide bonds. The fraction of sp³-hybridized carbons (Fsp3) is 0.692. The lowest BCUT2D eigenvalue weighted by molar-refractivity contribution is -0.461. The van der Waals surface area contributed by atoms with Crippen LogP contribution in [0.15, 0.2) is 10.2 Å². The molecule has 10 heteroatoms. The molecular weight excluding hydrogens is 522 g/mol. The van der Waals surface area contributed by atoms with Gasteiger partial charge in [-0.3, -0.25) is 20.6 Å². The topological polar surface area (TPSA) is 101 Å². The Morgan fingerprint density at radius 2 is 1.52 bits per heavy atom. The van der Waals surface area contributed by atoms with Crippen molar-refractivity contribution >= 4 is 23.8 Å². The highest BCUT2D eigenvalue weighted by atomic mass is 127. The van der Waals surface area contributed by atoms with E-state index in [2.05, 4.69) is 41.7 Å². The molecule has 8 nitrogen and oxygen atoms in total. The predicted molar refractivity (Wildman–Crippen MR) is 84.0 cm³/mol. The average molecular weight is 548 g/mol. The molecule has 132 valence electrons. The molecule has 0 fully saturated rings. The Morgan fingerprint density at radius 1 is 0.957 bits per heavy atom. The summed E-state index contributed by atoms with van der Waals surface area (Å²) in [7, 11) is 0. The number of nitrogens with one attached hydrogen (secondary N) is 6. The van der Waals surface area contributed by atoms with Crippen LogP contribution in [0.1, 0.15) is 32.6 Å². The molecule has 2 aliphatic heterocycles. The van der Waals surface area contributed by atoms with Crippen molar-refractivity contribution in [3.05, 3.63) is 0 Å². The molecule has 0 bridgehead atoms. The van der Waals surface area contributed by atoms with E-state index >= 15 is 0 Å². The highest BCUT2D eigenvalue weighted by Crippen LogP contribution is 1.83. The summed E-state index contributed by atoms with van der Waals surface area (Å²) in [5.74, 6) is 1.71. The fourth-order valence-electron chi connectivity index (χ4n) is 2.00. The standard InChI is InChI=1S/C13H24N8.2HI/c1-11(19-21-13-16-8-4-5-9-17-13)10-18-20-12-14-6-2-3-7-15-12;;/h10H,2-9H2,1H3,(H2,14,15,20)(H2,16,17,21);2*1H/b18-10+,19-11+;;. The van der Waals surface area contributed by atoms with Crippen LogP contribution in [0.2, 0.25) is 0 Å². The van der Waals surface area contributed by atoms with Crippen molar-refractivity contribution in [2.24, 2.45) is 10.2 Å². The number of halogens is 2. The molecule has 0 aromatic heterocycles. The van der Waals surface area contributed by atoms with E-state index in [0.29, 0.717) is 0 Å². The maximum absolute atomic E-state index is 4.26. The van der Waals surface area contributed by atoms with Crippen molar-refractivity contribution < 1.29 is 57.9 Å². The zero-order valence-corrected chi connectivity index (χ0v) is 17.7. The highest BCUT2D eigenvalue weighted by Gasteiger charge is 2.08. The van der Waals surface area contributed by atoms with Crippen LogP contribution < -0.4 is 79.4 Å². The third-order valence-electron chi connectivity index (χ3n) is 3.19. The molecule has 0 unspecified atom stereocenters. The van der Waals surface area contributed by atoms with Gasteiger partial charge in [-0.1, -0.05) is 0 Å². The fourth-order valence-corrected chi connectivity index (χ4v) is 2.00. The van der Waals surface area contributed by atoms with Gasteiger partial charge in [-0.15, -0.1) is 10.2 Å². The second kappa shape index (κ2) is 13.7. The molecule has 0 saturated heterocycles. The van der Waals surface area contributed by atoms with Gasteiger partial charge in [-0.2, -0.15) is 10.9 Å². The van der Waals surface area contributed by atoms with Crippen LogP contribution >= 0.6 is 0 Å². The lowest BCUT2D eigenvalue weighted by Gasteiger charge is -1.98. The summed E-state index contributed by atoms with van der Waals surface area (Å²) in [6.45, 7) is 5.77. The van der Waals surface area contributed by atoms with Gasteiger partial charge in [-0.05, 0) is 32.6 Å². The smallest absolute Gasteiger partial charge is 0.367 e. The van der Waals surface area contributed by atoms with E-state index in [0.717, 1.165) is 43.8 Å². The van der Waals surface area contributed by atoms with E-state index in [1.807, 2.05) is 6.92 Å². The first-order chi connectivity index (χ1) is 10.3. The Bertz CT molecular complexity index is 447. The molecule has 0 radical (unpaired) electrons. The van der Waals surface area contributed by atoms with Crippen LogP contribution in [0.25, 0.3) is 0 Å². The largest absolute Gasteiger partial charge is 1.00 e. The second-order valence-electron chi connectivity index (χ2n) is 5.11. The molecule has 23 heavy (non-hydrogen) atoms. The first kappa shape index (κ1) is 22.3. The van der Waals surface area contributed by atoms with Gasteiger partial charge in [0.2, 0.25) is 0 Å². The molecule has 0 aromatic rings. The van der Waals surface area contributed by atoms with Crippen molar-refractivity contribution in [2.45, 2.75) is 32.6 Å². The Balaban J connectivity index is 0.00000242. The molecule has 0 atom stereocenters. The number of nitrogens with zero attached hydrogens (tertiary/aromatic N) is 2. The number of hydrogen-bond acceptors (Lipinski definition) is 6. The summed E-state index contributed by atoms with van der Waals surface area (Å²) in [6.07, 6.45) is 6.37. The molecule has 2 aliphatic rings. The minimum absolute atomic E-state index is 0. The van der Waals surface area contributed by atoms with Crippen LogP contribution in [0.4, 0.5) is 0 Å². The van der Waals surface area contributed by atoms with Crippen LogP contribution in [0.5, 0.6) is 0 Å². The number of guanidine groups is 2. The lowest BCUT2D eigenvalue weighted by Crippen LogP contribution is -3.00. The van der Waals surface area contributed by atoms with Crippen molar-refractivity contribution in [1.82, 2.24) is 21.5 Å². The highest BCUT2D eigenvalue weighted by molar-refractivity contribution is 6.29. The number of rotatable bonds is 3. The van der Waals surface area contributed by atoms with Crippen LogP contribution in [0.3, 0.4) is 0 Å². The van der Waals surface area contributed by atoms with Gasteiger partial charge in [-0.25, -0.2) is 0 Å². The van der Waals surface area contributed by atoms with Crippen LogP contribution in [0, 0.1) is 0 Å². The van der Waals surface area contributed by atoms with Crippen molar-refractivity contribution in [3.63, 3.8) is 0 Å². The molecule has 6 N–H and O–H groups in total. The van der Waals surface area contributed by atoms with Crippen molar-refractivity contribution in [2.75, 3.05) is 26.2 Å². The van der Waals surface area contributed by atoms with Gasteiger partial charge in [0.25, 0.3) is 0 Å². The summed E-state index contributed by atoms with van der Waals surface area (Å²) in [5.41, 5.74) is 6.73. The molecular formula is C13H26I2N8. The zero-order chi connectivity index (χ0) is 14.8. The minimum atomic E-state index is 0. The van der Waals surface area contributed by atoms with Crippen molar-refractivity contribution in [3.8, 4) is 0 Å². The summed E-state index contributed by atoms with van der Waals surface area (Å²) in [6, 6.07) is 0. The zero-order valence-electron chi connectivity index (χ0n) is 13.4. The van der Waals surface area contributed by atoms with Gasteiger partial charge in [0.15, 0.2) is 0 Å². The van der Waals surface area contributed by atoms with Gasteiger partial charge in [0, 0.05) is 0 Å². The van der Waals surface area contributed by atoms with Gasteiger partial charge in [0.05, 0.1) is 38.1 Å². The van der Waals surface area contributed by atoms with Gasteiger partial charge >= 0.3 is 11.9 Å². The molecule has 2 heterocycles. The Morgan fingerprint density at radius 3 is 2.13 bits per heavy atom. The Hall–Kier alpha value is -0.660. The van der Waals surface area contributed by atoms with E-state index in [1.54, 1.807) is 6.21 Å². The van der Waals surface area contributed by atoms with E-state index in [4.69, 9.17) is 0 Å². The maximum atomic E-state index is 4.26. The molecule has 0 aromatic carbocycles. The summed E-state index contributed by atoms with van der Waals surface area (Å²) < 4.78 is 0. The van der Waals surface area contributed by atoms with Gasteiger partial charge in [0.1, 0.15) is 0 Å². The summed E-state index contributed by atoms with van der Waals surface area (Å²) >= 11 is 0. The number of hydrogen-bond donors (Lipinski definition) is 6.